The highest BCUT2D eigenvalue weighted by molar-refractivity contribution is 8.01. The van der Waals surface area contributed by atoms with Crippen LogP contribution in [-0.2, 0) is 4.79 Å². The molecule has 0 spiro atoms. The zero-order chi connectivity index (χ0) is 15.2. The fourth-order valence-corrected chi connectivity index (χ4v) is 4.34. The van der Waals surface area contributed by atoms with Crippen LogP contribution >= 0.6 is 34.9 Å². The van der Waals surface area contributed by atoms with E-state index in [1.54, 1.807) is 11.8 Å². The molecule has 2 aromatic rings. The Morgan fingerprint density at radius 3 is 2.52 bits per heavy atom. The van der Waals surface area contributed by atoms with Crippen molar-refractivity contribution >= 4 is 45.9 Å². The summed E-state index contributed by atoms with van der Waals surface area (Å²) >= 11 is 4.59. The second-order valence-electron chi connectivity index (χ2n) is 4.60. The van der Waals surface area contributed by atoms with Crippen LogP contribution in [0, 0.1) is 0 Å². The molecule has 4 nitrogen and oxygen atoms in total. The Morgan fingerprint density at radius 2 is 1.86 bits per heavy atom. The minimum atomic E-state index is -0.183. The summed E-state index contributed by atoms with van der Waals surface area (Å²) in [6.07, 6.45) is 0. The molecule has 0 radical (unpaired) electrons. The fraction of sp³-hybridized carbons (Fsp3) is 0.357. The number of aromatic nitrogens is 2. The summed E-state index contributed by atoms with van der Waals surface area (Å²) in [5.74, 6) is -0.0545. The number of hydrogen-bond acceptors (Lipinski definition) is 6. The van der Waals surface area contributed by atoms with E-state index in [9.17, 15) is 4.79 Å². The molecule has 0 unspecified atom stereocenters. The number of anilines is 1. The molecule has 0 bridgehead atoms. The van der Waals surface area contributed by atoms with Crippen LogP contribution in [0.4, 0.5) is 5.13 Å². The molecule has 7 heteroatoms. The summed E-state index contributed by atoms with van der Waals surface area (Å²) in [6.45, 7) is 6.09. The summed E-state index contributed by atoms with van der Waals surface area (Å²) in [5.41, 5.74) is 0. The van der Waals surface area contributed by atoms with Crippen molar-refractivity contribution in [2.24, 2.45) is 0 Å². The van der Waals surface area contributed by atoms with Crippen LogP contribution in [0.2, 0.25) is 0 Å². The first-order chi connectivity index (χ1) is 10.0. The highest BCUT2D eigenvalue weighted by Crippen LogP contribution is 2.29. The Labute approximate surface area is 137 Å². The van der Waals surface area contributed by atoms with Gasteiger partial charge in [-0.15, -0.1) is 22.0 Å². The summed E-state index contributed by atoms with van der Waals surface area (Å²) < 4.78 is 0.878. The van der Waals surface area contributed by atoms with Crippen molar-refractivity contribution in [1.29, 1.82) is 0 Å². The van der Waals surface area contributed by atoms with E-state index in [0.717, 1.165) is 9.24 Å². The van der Waals surface area contributed by atoms with Crippen LogP contribution in [-0.4, -0.2) is 26.6 Å². The smallest absolute Gasteiger partial charge is 0.239 e. The number of carbonyl (C=O) groups excluding carboxylic acids is 1. The van der Waals surface area contributed by atoms with Gasteiger partial charge in [-0.2, -0.15) is 0 Å². The third kappa shape index (κ3) is 5.33. The van der Waals surface area contributed by atoms with Crippen LogP contribution in [0.3, 0.4) is 0 Å². The first-order valence-corrected chi connectivity index (χ1v) is 9.15. The highest BCUT2D eigenvalue weighted by atomic mass is 32.2. The second-order valence-corrected chi connectivity index (χ2v) is 8.82. The second kappa shape index (κ2) is 7.82. The van der Waals surface area contributed by atoms with Crippen molar-refractivity contribution in [3.8, 4) is 0 Å². The summed E-state index contributed by atoms with van der Waals surface area (Å²) in [6, 6.07) is 9.89. The molecule has 0 aliphatic heterocycles. The SMILES string of the molecule is CC(C)Sc1nnc(NC(=O)[C@@H](C)Sc2ccccc2)s1. The third-order valence-electron chi connectivity index (χ3n) is 2.40. The maximum Gasteiger partial charge on any atom is 0.239 e. The number of rotatable bonds is 6. The van der Waals surface area contributed by atoms with Gasteiger partial charge in [-0.3, -0.25) is 10.1 Å². The first-order valence-electron chi connectivity index (χ1n) is 6.57. The summed E-state index contributed by atoms with van der Waals surface area (Å²) in [4.78, 5) is 13.2. The van der Waals surface area contributed by atoms with Crippen LogP contribution < -0.4 is 5.32 Å². The van der Waals surface area contributed by atoms with Crippen LogP contribution in [0.15, 0.2) is 39.6 Å². The van der Waals surface area contributed by atoms with Crippen LogP contribution in [0.25, 0.3) is 0 Å². The molecule has 0 aliphatic rings. The molecular weight excluding hydrogens is 322 g/mol. The molecule has 1 amide bonds. The Bertz CT molecular complexity index is 586. The van der Waals surface area contributed by atoms with Crippen LogP contribution in [0.5, 0.6) is 0 Å². The van der Waals surface area contributed by atoms with E-state index in [1.165, 1.54) is 23.1 Å². The molecule has 2 rings (SSSR count). The number of hydrogen-bond donors (Lipinski definition) is 1. The van der Waals surface area contributed by atoms with Gasteiger partial charge in [-0.05, 0) is 19.1 Å². The molecular formula is C14H17N3OS3. The summed E-state index contributed by atoms with van der Waals surface area (Å²) in [7, 11) is 0. The lowest BCUT2D eigenvalue weighted by Crippen LogP contribution is -2.22. The normalized spacial score (nSPS) is 12.4. The van der Waals surface area contributed by atoms with E-state index >= 15 is 0 Å². The maximum absolute atomic E-state index is 12.1. The molecule has 1 atom stereocenters. The maximum atomic E-state index is 12.1. The average Bonchev–Trinajstić information content (AvgIpc) is 2.86. The van der Waals surface area contributed by atoms with Gasteiger partial charge >= 0.3 is 0 Å². The molecule has 0 saturated heterocycles. The van der Waals surface area contributed by atoms with E-state index in [2.05, 4.69) is 29.4 Å². The van der Waals surface area contributed by atoms with Crippen molar-refractivity contribution < 1.29 is 4.79 Å². The highest BCUT2D eigenvalue weighted by Gasteiger charge is 2.16. The Hall–Kier alpha value is -1.05. The Morgan fingerprint density at radius 1 is 1.14 bits per heavy atom. The molecule has 1 N–H and O–H groups in total. The number of amides is 1. The van der Waals surface area contributed by atoms with Gasteiger partial charge < -0.3 is 0 Å². The number of carbonyl (C=O) groups is 1. The zero-order valence-electron chi connectivity index (χ0n) is 12.1. The third-order valence-corrected chi connectivity index (χ3v) is 5.44. The van der Waals surface area contributed by atoms with E-state index in [4.69, 9.17) is 0 Å². The lowest BCUT2D eigenvalue weighted by atomic mass is 10.4. The van der Waals surface area contributed by atoms with Gasteiger partial charge in [0.2, 0.25) is 11.0 Å². The molecule has 1 aromatic carbocycles. The fourth-order valence-electron chi connectivity index (χ4n) is 1.47. The van der Waals surface area contributed by atoms with Crippen molar-refractivity contribution in [3.63, 3.8) is 0 Å². The van der Waals surface area contributed by atoms with E-state index in [1.807, 2.05) is 37.3 Å². The number of nitrogens with one attached hydrogen (secondary N) is 1. The molecule has 21 heavy (non-hydrogen) atoms. The molecule has 1 heterocycles. The number of nitrogens with zero attached hydrogens (tertiary/aromatic N) is 2. The predicted molar refractivity (Wildman–Crippen MR) is 91.3 cm³/mol. The molecule has 1 aromatic heterocycles. The van der Waals surface area contributed by atoms with Gasteiger partial charge in [0.1, 0.15) is 0 Å². The zero-order valence-corrected chi connectivity index (χ0v) is 14.5. The van der Waals surface area contributed by atoms with Crippen LogP contribution in [0.1, 0.15) is 20.8 Å². The number of benzene rings is 1. The van der Waals surface area contributed by atoms with Crippen molar-refractivity contribution in [1.82, 2.24) is 10.2 Å². The summed E-state index contributed by atoms with van der Waals surface area (Å²) in [5, 5.41) is 11.7. The quantitative estimate of drug-likeness (QED) is 0.633. The van der Waals surface area contributed by atoms with E-state index in [-0.39, 0.29) is 11.2 Å². The van der Waals surface area contributed by atoms with Gasteiger partial charge in [0.05, 0.1) is 5.25 Å². The molecule has 0 saturated carbocycles. The standard InChI is InChI=1S/C14H17N3OS3/c1-9(2)19-14-17-16-13(21-14)15-12(18)10(3)20-11-7-5-4-6-8-11/h4-10H,1-3H3,(H,15,16,18)/t10-/m1/s1. The van der Waals surface area contributed by atoms with Crippen molar-refractivity contribution in [2.45, 2.75) is 40.5 Å². The van der Waals surface area contributed by atoms with Gasteiger partial charge in [-0.1, -0.05) is 55.1 Å². The first kappa shape index (κ1) is 16.3. The van der Waals surface area contributed by atoms with Gasteiger partial charge in [0.25, 0.3) is 0 Å². The molecule has 0 fully saturated rings. The lowest BCUT2D eigenvalue weighted by molar-refractivity contribution is -0.115. The van der Waals surface area contributed by atoms with Crippen molar-refractivity contribution in [3.05, 3.63) is 30.3 Å². The predicted octanol–water partition coefficient (Wildman–Crippen LogP) is 4.16. The van der Waals surface area contributed by atoms with E-state index in [0.29, 0.717) is 10.4 Å². The number of thioether (sulfide) groups is 2. The minimum absolute atomic E-state index is 0.0545. The minimum Gasteiger partial charge on any atom is -0.300 e. The monoisotopic (exact) mass is 339 g/mol. The Balaban J connectivity index is 1.90. The van der Waals surface area contributed by atoms with E-state index < -0.39 is 0 Å². The van der Waals surface area contributed by atoms with Gasteiger partial charge in [-0.25, -0.2) is 0 Å². The van der Waals surface area contributed by atoms with Crippen molar-refractivity contribution in [2.75, 3.05) is 5.32 Å². The van der Waals surface area contributed by atoms with Gasteiger partial charge in [0, 0.05) is 10.1 Å². The lowest BCUT2D eigenvalue weighted by Gasteiger charge is -2.09. The van der Waals surface area contributed by atoms with Gasteiger partial charge in [0.15, 0.2) is 4.34 Å². The Kier molecular flexibility index (Phi) is 6.08. The topological polar surface area (TPSA) is 54.9 Å². The largest absolute Gasteiger partial charge is 0.300 e. The molecule has 112 valence electrons. The molecule has 0 aliphatic carbocycles. The average molecular weight is 340 g/mol.